The van der Waals surface area contributed by atoms with Crippen molar-refractivity contribution in [1.29, 1.82) is 0 Å². The highest BCUT2D eigenvalue weighted by Gasteiger charge is 2.22. The molecule has 1 aromatic heterocycles. The fourth-order valence-corrected chi connectivity index (χ4v) is 3.94. The van der Waals surface area contributed by atoms with Gasteiger partial charge in [0.25, 0.3) is 11.8 Å². The van der Waals surface area contributed by atoms with Gasteiger partial charge in [0, 0.05) is 18.3 Å². The van der Waals surface area contributed by atoms with Gasteiger partial charge in [-0.1, -0.05) is 54.1 Å². The summed E-state index contributed by atoms with van der Waals surface area (Å²) in [7, 11) is 1.46. The standard InChI is InChI=1S/C30H29ClN6O6/c1-41-27-13-21(11-12-26(27)42-18-28(38)35-24-10-6-5-9-23(24)31)15-34-37-29(39)25(14-22-16-32-19-33-22)36-30(40)43-17-20-7-3-2-4-8-20/h2-13,15-16,19,25H,14,17-18H2,1H3,(H,32,33)(H,35,38)(H,36,40)(H,37,39)/b34-15-/t25-/m0/s1. The molecule has 3 aromatic carbocycles. The van der Waals surface area contributed by atoms with Gasteiger partial charge in [-0.05, 0) is 41.5 Å². The molecular weight excluding hydrogens is 576 g/mol. The third kappa shape index (κ3) is 9.61. The van der Waals surface area contributed by atoms with Gasteiger partial charge in [-0.25, -0.2) is 15.2 Å². The molecule has 4 aromatic rings. The predicted octanol–water partition coefficient (Wildman–Crippen LogP) is 4.08. The minimum absolute atomic E-state index is 0.0524. The molecule has 1 heterocycles. The predicted molar refractivity (Wildman–Crippen MR) is 160 cm³/mol. The van der Waals surface area contributed by atoms with Gasteiger partial charge in [0.1, 0.15) is 12.6 Å². The monoisotopic (exact) mass is 604 g/mol. The lowest BCUT2D eigenvalue weighted by molar-refractivity contribution is -0.123. The molecular formula is C30H29ClN6O6. The minimum Gasteiger partial charge on any atom is -0.493 e. The number of imidazole rings is 1. The number of hydrogen-bond donors (Lipinski definition) is 4. The number of nitrogens with one attached hydrogen (secondary N) is 4. The Morgan fingerprint density at radius 2 is 1.84 bits per heavy atom. The number of methoxy groups -OCH3 is 1. The molecule has 0 radical (unpaired) electrons. The van der Waals surface area contributed by atoms with E-state index in [4.69, 9.17) is 25.8 Å². The first-order chi connectivity index (χ1) is 20.9. The molecule has 13 heteroatoms. The molecule has 4 N–H and O–H groups in total. The number of hydrazone groups is 1. The Kier molecular flexibility index (Phi) is 11.1. The summed E-state index contributed by atoms with van der Waals surface area (Å²) < 4.78 is 16.2. The highest BCUT2D eigenvalue weighted by atomic mass is 35.5. The van der Waals surface area contributed by atoms with Gasteiger partial charge in [-0.2, -0.15) is 5.10 Å². The van der Waals surface area contributed by atoms with E-state index in [0.717, 1.165) is 5.56 Å². The highest BCUT2D eigenvalue weighted by Crippen LogP contribution is 2.28. The Balaban J connectivity index is 1.32. The Hall–Kier alpha value is -5.36. The number of amides is 3. The SMILES string of the molecule is COc1cc(/C=N\NC(=O)[C@H](Cc2cnc[nH]2)NC(=O)OCc2ccccc2)ccc1OCC(=O)Nc1ccccc1Cl. The summed E-state index contributed by atoms with van der Waals surface area (Å²) in [5.74, 6) is -0.290. The number of carbonyl (C=O) groups excluding carboxylic acids is 3. The first-order valence-electron chi connectivity index (χ1n) is 13.0. The van der Waals surface area contributed by atoms with Gasteiger partial charge in [0.2, 0.25) is 0 Å². The molecule has 0 fully saturated rings. The summed E-state index contributed by atoms with van der Waals surface area (Å²) in [4.78, 5) is 44.5. The maximum Gasteiger partial charge on any atom is 0.408 e. The maximum absolute atomic E-state index is 12.9. The summed E-state index contributed by atoms with van der Waals surface area (Å²) >= 11 is 6.07. The third-order valence-electron chi connectivity index (χ3n) is 5.88. The number of benzene rings is 3. The van der Waals surface area contributed by atoms with E-state index in [1.807, 2.05) is 30.3 Å². The van der Waals surface area contributed by atoms with Crippen LogP contribution in [0.3, 0.4) is 0 Å². The number of carbonyl (C=O) groups is 3. The molecule has 3 amide bonds. The van der Waals surface area contributed by atoms with E-state index in [1.54, 1.807) is 48.7 Å². The fraction of sp³-hybridized carbons (Fsp3) is 0.167. The number of H-pyrrole nitrogens is 1. The molecule has 4 rings (SSSR count). The van der Waals surface area contributed by atoms with Crippen LogP contribution in [-0.4, -0.2) is 53.8 Å². The van der Waals surface area contributed by atoms with Crippen LogP contribution in [0.2, 0.25) is 5.02 Å². The summed E-state index contributed by atoms with van der Waals surface area (Å²) in [5.41, 5.74) is 4.93. The van der Waals surface area contributed by atoms with Crippen LogP contribution in [0.4, 0.5) is 10.5 Å². The van der Waals surface area contributed by atoms with E-state index in [1.165, 1.54) is 19.7 Å². The fourth-order valence-electron chi connectivity index (χ4n) is 3.76. The number of aromatic nitrogens is 2. The minimum atomic E-state index is -0.997. The first kappa shape index (κ1) is 30.6. The van der Waals surface area contributed by atoms with Crippen molar-refractivity contribution in [3.63, 3.8) is 0 Å². The normalized spacial score (nSPS) is 11.4. The van der Waals surface area contributed by atoms with Crippen molar-refractivity contribution in [1.82, 2.24) is 20.7 Å². The first-order valence-corrected chi connectivity index (χ1v) is 13.4. The average Bonchev–Trinajstić information content (AvgIpc) is 3.54. The Morgan fingerprint density at radius 3 is 2.58 bits per heavy atom. The Labute approximate surface area is 252 Å². The molecule has 0 saturated carbocycles. The molecule has 0 bridgehead atoms. The Bertz CT molecular complexity index is 1550. The molecule has 1 atom stereocenters. The maximum atomic E-state index is 12.9. The number of hydrogen-bond acceptors (Lipinski definition) is 8. The number of alkyl carbamates (subject to hydrolysis) is 1. The van der Waals surface area contributed by atoms with Crippen LogP contribution in [0.1, 0.15) is 16.8 Å². The molecule has 0 aliphatic carbocycles. The van der Waals surface area contributed by atoms with Crippen LogP contribution < -0.4 is 25.5 Å². The zero-order chi connectivity index (χ0) is 30.4. The van der Waals surface area contributed by atoms with Crippen molar-refractivity contribution >= 4 is 41.4 Å². The molecule has 0 spiro atoms. The van der Waals surface area contributed by atoms with E-state index in [0.29, 0.717) is 33.5 Å². The van der Waals surface area contributed by atoms with Gasteiger partial charge >= 0.3 is 6.09 Å². The van der Waals surface area contributed by atoms with Crippen LogP contribution in [0, 0.1) is 0 Å². The van der Waals surface area contributed by atoms with Crippen LogP contribution in [0.25, 0.3) is 0 Å². The van der Waals surface area contributed by atoms with Crippen LogP contribution in [-0.2, 0) is 27.4 Å². The lowest BCUT2D eigenvalue weighted by atomic mass is 10.1. The van der Waals surface area contributed by atoms with Crippen molar-refractivity contribution in [2.24, 2.45) is 5.10 Å². The lowest BCUT2D eigenvalue weighted by Gasteiger charge is -2.16. The second-order valence-corrected chi connectivity index (χ2v) is 9.41. The van der Waals surface area contributed by atoms with Crippen LogP contribution in [0.15, 0.2) is 90.4 Å². The van der Waals surface area contributed by atoms with E-state index in [9.17, 15) is 14.4 Å². The van der Waals surface area contributed by atoms with Crippen molar-refractivity contribution < 1.29 is 28.6 Å². The summed E-state index contributed by atoms with van der Waals surface area (Å²) in [6.07, 6.45) is 3.80. The summed E-state index contributed by atoms with van der Waals surface area (Å²) in [5, 5.41) is 9.67. The van der Waals surface area contributed by atoms with E-state index in [2.05, 4.69) is 31.1 Å². The van der Waals surface area contributed by atoms with Gasteiger partial charge < -0.3 is 29.8 Å². The second kappa shape index (κ2) is 15.6. The van der Waals surface area contributed by atoms with E-state index in [-0.39, 0.29) is 19.6 Å². The number of ether oxygens (including phenoxy) is 3. The van der Waals surface area contributed by atoms with E-state index < -0.39 is 23.9 Å². The smallest absolute Gasteiger partial charge is 0.408 e. The number of halogens is 1. The average molecular weight is 605 g/mol. The zero-order valence-electron chi connectivity index (χ0n) is 23.1. The topological polar surface area (TPSA) is 156 Å². The summed E-state index contributed by atoms with van der Waals surface area (Å²) in [6.45, 7) is -0.222. The number of anilines is 1. The van der Waals surface area contributed by atoms with Gasteiger partial charge in [0.05, 0.1) is 30.4 Å². The highest BCUT2D eigenvalue weighted by molar-refractivity contribution is 6.33. The van der Waals surface area contributed by atoms with Crippen LogP contribution >= 0.6 is 11.6 Å². The largest absolute Gasteiger partial charge is 0.493 e. The van der Waals surface area contributed by atoms with Gasteiger partial charge in [-0.3, -0.25) is 9.59 Å². The quantitative estimate of drug-likeness (QED) is 0.132. The molecule has 0 unspecified atom stereocenters. The van der Waals surface area contributed by atoms with Crippen molar-refractivity contribution in [3.05, 3.63) is 107 Å². The van der Waals surface area contributed by atoms with E-state index >= 15 is 0 Å². The van der Waals surface area contributed by atoms with Gasteiger partial charge in [-0.15, -0.1) is 0 Å². The Morgan fingerprint density at radius 1 is 1.05 bits per heavy atom. The number of aromatic amines is 1. The molecule has 12 nitrogen and oxygen atoms in total. The zero-order valence-corrected chi connectivity index (χ0v) is 23.8. The van der Waals surface area contributed by atoms with Crippen molar-refractivity contribution in [2.45, 2.75) is 19.1 Å². The molecule has 0 aliphatic rings. The van der Waals surface area contributed by atoms with Crippen LogP contribution in [0.5, 0.6) is 11.5 Å². The number of para-hydroxylation sites is 1. The van der Waals surface area contributed by atoms with Crippen molar-refractivity contribution in [2.75, 3.05) is 19.0 Å². The lowest BCUT2D eigenvalue weighted by Crippen LogP contribution is -2.47. The molecule has 0 saturated heterocycles. The molecule has 0 aliphatic heterocycles. The second-order valence-electron chi connectivity index (χ2n) is 9.00. The molecule has 222 valence electrons. The molecule has 43 heavy (non-hydrogen) atoms. The summed E-state index contributed by atoms with van der Waals surface area (Å²) in [6, 6.07) is 19.9. The van der Waals surface area contributed by atoms with Crippen molar-refractivity contribution in [3.8, 4) is 11.5 Å². The third-order valence-corrected chi connectivity index (χ3v) is 6.21. The number of rotatable bonds is 13. The number of nitrogens with zero attached hydrogens (tertiary/aromatic N) is 2. The van der Waals surface area contributed by atoms with Gasteiger partial charge in [0.15, 0.2) is 18.1 Å².